The summed E-state index contributed by atoms with van der Waals surface area (Å²) in [4.78, 5) is 0. The van der Waals surface area contributed by atoms with Crippen LogP contribution in [0.5, 0.6) is 0 Å². The fourth-order valence-corrected chi connectivity index (χ4v) is 0. The first-order valence-electron chi connectivity index (χ1n) is 1.07. The van der Waals surface area contributed by atoms with E-state index in [-0.39, 0.29) is 40.6 Å². The Bertz CT molecular complexity index is 124. The molecule has 0 unspecified atom stereocenters. The molecule has 0 bridgehead atoms. The van der Waals surface area contributed by atoms with E-state index in [1.54, 1.807) is 0 Å². The molecular formula is CH5CaFO3S. The van der Waals surface area contributed by atoms with Gasteiger partial charge in [-0.15, -0.1) is 0 Å². The Hall–Kier alpha value is 1.10. The van der Waals surface area contributed by atoms with Gasteiger partial charge in [0.1, 0.15) is 0 Å². The third-order valence-electron chi connectivity index (χ3n) is 0.138. The second-order valence-corrected chi connectivity index (χ2v) is 2.07. The molecule has 3 nitrogen and oxygen atoms in total. The van der Waals surface area contributed by atoms with Gasteiger partial charge in [-0.1, -0.05) is 0 Å². The molecule has 0 aromatic rings. The summed E-state index contributed by atoms with van der Waals surface area (Å²) in [7, 11) is -4.33. The van der Waals surface area contributed by atoms with Gasteiger partial charge in [-0.2, -0.15) is 8.42 Å². The van der Waals surface area contributed by atoms with E-state index in [9.17, 15) is 12.8 Å². The van der Waals surface area contributed by atoms with E-state index in [1.165, 1.54) is 0 Å². The van der Waals surface area contributed by atoms with E-state index in [1.807, 2.05) is 0 Å². The van der Waals surface area contributed by atoms with Crippen molar-refractivity contribution >= 4 is 47.9 Å². The molecule has 1 N–H and O–H groups in total. The van der Waals surface area contributed by atoms with Crippen molar-refractivity contribution in [3.05, 3.63) is 0 Å². The Morgan fingerprint density at radius 3 is 1.86 bits per heavy atom. The summed E-state index contributed by atoms with van der Waals surface area (Å²) in [5.41, 5.74) is 0. The van der Waals surface area contributed by atoms with E-state index in [0.29, 0.717) is 0 Å². The molecule has 0 fully saturated rings. The second kappa shape index (κ2) is 4.03. The number of alkyl halides is 1. The summed E-state index contributed by atoms with van der Waals surface area (Å²) >= 11 is 0. The van der Waals surface area contributed by atoms with Crippen LogP contribution >= 0.6 is 0 Å². The molecule has 0 atom stereocenters. The first-order valence-corrected chi connectivity index (χ1v) is 2.68. The Labute approximate surface area is 73.6 Å². The zero-order valence-electron chi connectivity index (χ0n) is 5.46. The molecule has 0 amide bonds. The predicted octanol–water partition coefficient (Wildman–Crippen LogP) is -0.355. The normalized spacial score (nSPS) is 10.0. The minimum atomic E-state index is -4.33. The Kier molecular flexibility index (Phi) is 6.31. The summed E-state index contributed by atoms with van der Waals surface area (Å²) in [5.74, 6) is 0. The summed E-state index contributed by atoms with van der Waals surface area (Å²) in [6, 6.07) is -1.70. The molecule has 0 radical (unpaired) electrons. The van der Waals surface area contributed by atoms with Gasteiger partial charge in [0, 0.05) is 0 Å². The summed E-state index contributed by atoms with van der Waals surface area (Å²) in [6.45, 7) is 0. The number of halogens is 1. The van der Waals surface area contributed by atoms with Gasteiger partial charge in [-0.3, -0.25) is 4.55 Å². The minimum absolute atomic E-state index is 0. The first-order chi connectivity index (χ1) is 2.56. The van der Waals surface area contributed by atoms with Gasteiger partial charge >= 0.3 is 37.7 Å². The number of hydrogen-bond acceptors (Lipinski definition) is 2. The summed E-state index contributed by atoms with van der Waals surface area (Å²) in [6.07, 6.45) is 0. The Balaban J connectivity index is -0.0000000417. The van der Waals surface area contributed by atoms with Crippen LogP contribution in [0.3, 0.4) is 0 Å². The van der Waals surface area contributed by atoms with Gasteiger partial charge in [0.15, 0.2) is 0 Å². The molecule has 0 aromatic heterocycles. The van der Waals surface area contributed by atoms with Crippen LogP contribution in [0.1, 0.15) is 2.85 Å². The average Bonchev–Trinajstić information content (AvgIpc) is 1.35. The molecule has 0 aromatic carbocycles. The monoisotopic (exact) mass is 156 g/mol. The minimum Gasteiger partial charge on any atom is -1.00 e. The zero-order chi connectivity index (χ0) is 5.21. The van der Waals surface area contributed by atoms with Crippen molar-refractivity contribution in [2.24, 2.45) is 0 Å². The fraction of sp³-hybridized carbons (Fsp3) is 1.00. The third kappa shape index (κ3) is 11.0. The molecular weight excluding hydrogens is 151 g/mol. The van der Waals surface area contributed by atoms with Gasteiger partial charge in [0.25, 0.3) is 10.1 Å². The maximum absolute atomic E-state index is 10.7. The fourth-order valence-electron chi connectivity index (χ4n) is 0. The maximum atomic E-state index is 10.7. The molecule has 0 saturated heterocycles. The average molecular weight is 156 g/mol. The third-order valence-corrected chi connectivity index (χ3v) is 0.414. The molecule has 0 saturated carbocycles. The number of hydrogen-bond donors (Lipinski definition) is 1. The SMILES string of the molecule is O=S(=O)(O)CF.[Ca+2].[H-].[H-]. The van der Waals surface area contributed by atoms with Gasteiger partial charge < -0.3 is 2.85 Å². The largest absolute Gasteiger partial charge is 2.00 e. The van der Waals surface area contributed by atoms with Crippen molar-refractivity contribution < 1.29 is 20.2 Å². The Morgan fingerprint density at radius 2 is 1.86 bits per heavy atom. The van der Waals surface area contributed by atoms with Gasteiger partial charge in [-0.05, 0) is 0 Å². The van der Waals surface area contributed by atoms with Crippen molar-refractivity contribution in [2.75, 3.05) is 6.01 Å². The molecule has 42 valence electrons. The van der Waals surface area contributed by atoms with Crippen molar-refractivity contribution in [3.8, 4) is 0 Å². The van der Waals surface area contributed by atoms with Crippen LogP contribution in [0.2, 0.25) is 0 Å². The van der Waals surface area contributed by atoms with Crippen molar-refractivity contribution in [1.29, 1.82) is 0 Å². The van der Waals surface area contributed by atoms with Crippen LogP contribution in [-0.2, 0) is 10.1 Å². The van der Waals surface area contributed by atoms with Crippen molar-refractivity contribution in [1.82, 2.24) is 0 Å². The summed E-state index contributed by atoms with van der Waals surface area (Å²) in [5, 5.41) is 0. The van der Waals surface area contributed by atoms with Crippen LogP contribution in [0.25, 0.3) is 0 Å². The molecule has 0 aliphatic rings. The second-order valence-electron chi connectivity index (χ2n) is 0.691. The van der Waals surface area contributed by atoms with Crippen LogP contribution < -0.4 is 0 Å². The molecule has 0 aliphatic heterocycles. The predicted molar refractivity (Wildman–Crippen MR) is 25.5 cm³/mol. The zero-order valence-corrected chi connectivity index (χ0v) is 6.49. The molecule has 0 rings (SSSR count). The van der Waals surface area contributed by atoms with Gasteiger partial charge in [0.05, 0.1) is 0 Å². The summed E-state index contributed by atoms with van der Waals surface area (Å²) < 4.78 is 36.4. The molecule has 7 heavy (non-hydrogen) atoms. The first kappa shape index (κ1) is 11.0. The van der Waals surface area contributed by atoms with E-state index < -0.39 is 16.1 Å². The molecule has 0 aliphatic carbocycles. The van der Waals surface area contributed by atoms with Crippen LogP contribution in [0.15, 0.2) is 0 Å². The van der Waals surface area contributed by atoms with E-state index in [0.717, 1.165) is 0 Å². The molecule has 6 heteroatoms. The van der Waals surface area contributed by atoms with Crippen molar-refractivity contribution in [3.63, 3.8) is 0 Å². The van der Waals surface area contributed by atoms with E-state index in [4.69, 9.17) is 4.55 Å². The van der Waals surface area contributed by atoms with Crippen LogP contribution in [0.4, 0.5) is 4.39 Å². The molecule has 0 spiro atoms. The smallest absolute Gasteiger partial charge is 1.00 e. The van der Waals surface area contributed by atoms with Gasteiger partial charge in [0.2, 0.25) is 6.01 Å². The van der Waals surface area contributed by atoms with Crippen LogP contribution in [0, 0.1) is 0 Å². The standard InChI is InChI=1S/CH3FO3S.Ca.2H/c2-1-6(3,4)5;;;/h1H2,(H,3,4,5);;;/q;+2;2*-1. The number of rotatable bonds is 1. The van der Waals surface area contributed by atoms with Crippen molar-refractivity contribution in [2.45, 2.75) is 0 Å². The van der Waals surface area contributed by atoms with Crippen LogP contribution in [-0.4, -0.2) is 56.7 Å². The molecule has 0 heterocycles. The maximum Gasteiger partial charge on any atom is 2.00 e. The quantitative estimate of drug-likeness (QED) is 0.417. The van der Waals surface area contributed by atoms with E-state index >= 15 is 0 Å². The Morgan fingerprint density at radius 1 is 1.71 bits per heavy atom. The topological polar surface area (TPSA) is 54.4 Å². The van der Waals surface area contributed by atoms with E-state index in [2.05, 4.69) is 0 Å². The van der Waals surface area contributed by atoms with Gasteiger partial charge in [-0.25, -0.2) is 4.39 Å².